The van der Waals surface area contributed by atoms with Gasteiger partial charge in [0.25, 0.3) is 0 Å². The van der Waals surface area contributed by atoms with Gasteiger partial charge in [-0.05, 0) is 12.0 Å². The van der Waals surface area contributed by atoms with Gasteiger partial charge in [-0.3, -0.25) is 9.48 Å². The topological polar surface area (TPSA) is 47.8 Å². The molecule has 0 radical (unpaired) electrons. The number of carbonyl (C=O) groups is 1. The number of hydrogen-bond donors (Lipinski definition) is 0. The van der Waals surface area contributed by atoms with E-state index in [0.29, 0.717) is 12.8 Å². The minimum Gasteiger partial charge on any atom is -0.299 e. The van der Waals surface area contributed by atoms with Crippen molar-refractivity contribution in [2.75, 3.05) is 0 Å². The minimum atomic E-state index is 0.199. The van der Waals surface area contributed by atoms with Crippen LogP contribution in [0.2, 0.25) is 0 Å². The molecule has 0 N–H and O–H groups in total. The number of Topliss-reactive ketones (excluding diaryl/α,β-unsaturated/α-hetero) is 1. The van der Waals surface area contributed by atoms with Crippen LogP contribution in [0.15, 0.2) is 36.7 Å². The molecule has 0 aliphatic heterocycles. The minimum absolute atomic E-state index is 0.199. The summed E-state index contributed by atoms with van der Waals surface area (Å²) in [6.45, 7) is 0. The summed E-state index contributed by atoms with van der Waals surface area (Å²) >= 11 is 0. The zero-order valence-electron chi connectivity index (χ0n) is 9.84. The van der Waals surface area contributed by atoms with E-state index in [-0.39, 0.29) is 5.78 Å². The van der Waals surface area contributed by atoms with E-state index in [0.717, 1.165) is 12.2 Å². The van der Waals surface area contributed by atoms with E-state index in [2.05, 4.69) is 10.1 Å². The Hall–Kier alpha value is -1.97. The molecule has 1 aromatic heterocycles. The van der Waals surface area contributed by atoms with Gasteiger partial charge >= 0.3 is 0 Å². The van der Waals surface area contributed by atoms with Crippen LogP contribution >= 0.6 is 0 Å². The van der Waals surface area contributed by atoms with Gasteiger partial charge in [0.05, 0.1) is 6.42 Å². The van der Waals surface area contributed by atoms with Crippen molar-refractivity contribution >= 4 is 5.78 Å². The quantitative estimate of drug-likeness (QED) is 0.781. The molecule has 0 atom stereocenters. The van der Waals surface area contributed by atoms with E-state index in [4.69, 9.17) is 0 Å². The summed E-state index contributed by atoms with van der Waals surface area (Å²) < 4.78 is 1.64. The molecule has 0 aliphatic rings. The molecule has 0 aliphatic carbocycles. The van der Waals surface area contributed by atoms with Gasteiger partial charge in [-0.1, -0.05) is 30.3 Å². The van der Waals surface area contributed by atoms with Crippen LogP contribution in [0.4, 0.5) is 0 Å². The maximum Gasteiger partial charge on any atom is 0.140 e. The second-order valence-corrected chi connectivity index (χ2v) is 4.00. The highest BCUT2D eigenvalue weighted by atomic mass is 16.1. The summed E-state index contributed by atoms with van der Waals surface area (Å²) in [5, 5.41) is 3.94. The predicted octanol–water partition coefficient (Wildman–Crippen LogP) is 1.56. The number of ketones is 1. The first-order valence-corrected chi connectivity index (χ1v) is 5.64. The molecule has 0 saturated heterocycles. The average Bonchev–Trinajstić information content (AvgIpc) is 2.74. The molecule has 2 rings (SSSR count). The van der Waals surface area contributed by atoms with Gasteiger partial charge in [0.2, 0.25) is 0 Å². The van der Waals surface area contributed by atoms with Crippen LogP contribution in [0.5, 0.6) is 0 Å². The van der Waals surface area contributed by atoms with Crippen LogP contribution in [0.3, 0.4) is 0 Å². The summed E-state index contributed by atoms with van der Waals surface area (Å²) in [5.41, 5.74) is 1.19. The maximum absolute atomic E-state index is 11.8. The summed E-state index contributed by atoms with van der Waals surface area (Å²) in [5.74, 6) is 0.924. The van der Waals surface area contributed by atoms with E-state index in [1.165, 1.54) is 11.9 Å². The molecule has 1 heterocycles. The highest BCUT2D eigenvalue weighted by Crippen LogP contribution is 2.04. The molecule has 1 aromatic carbocycles. The number of aromatic nitrogens is 3. The van der Waals surface area contributed by atoms with E-state index in [1.807, 2.05) is 30.3 Å². The van der Waals surface area contributed by atoms with Crippen molar-refractivity contribution in [1.29, 1.82) is 0 Å². The molecule has 2 aromatic rings. The molecule has 0 saturated carbocycles. The van der Waals surface area contributed by atoms with Crippen molar-refractivity contribution in [2.45, 2.75) is 19.3 Å². The normalized spacial score (nSPS) is 10.4. The first-order chi connectivity index (χ1) is 8.25. The van der Waals surface area contributed by atoms with Gasteiger partial charge < -0.3 is 0 Å². The monoisotopic (exact) mass is 229 g/mol. The Labute approximate surface area is 100 Å². The number of benzene rings is 1. The van der Waals surface area contributed by atoms with Gasteiger partial charge in [-0.25, -0.2) is 4.98 Å². The van der Waals surface area contributed by atoms with Crippen LogP contribution in [0.25, 0.3) is 0 Å². The summed E-state index contributed by atoms with van der Waals surface area (Å²) in [6.07, 6.45) is 3.18. The zero-order chi connectivity index (χ0) is 12.1. The molecule has 0 bridgehead atoms. The molecule has 0 fully saturated rings. The highest BCUT2D eigenvalue weighted by molar-refractivity contribution is 5.80. The smallest absolute Gasteiger partial charge is 0.140 e. The highest BCUT2D eigenvalue weighted by Gasteiger charge is 2.08. The molecule has 0 spiro atoms. The van der Waals surface area contributed by atoms with Crippen molar-refractivity contribution in [3.8, 4) is 0 Å². The molecule has 4 nitrogen and oxygen atoms in total. The van der Waals surface area contributed by atoms with E-state index >= 15 is 0 Å². The Morgan fingerprint density at radius 3 is 2.71 bits per heavy atom. The van der Waals surface area contributed by atoms with Crippen LogP contribution in [-0.2, 0) is 24.7 Å². The molecule has 4 heteroatoms. The fraction of sp³-hybridized carbons (Fsp3) is 0.308. The first-order valence-electron chi connectivity index (χ1n) is 5.64. The van der Waals surface area contributed by atoms with Crippen molar-refractivity contribution < 1.29 is 4.79 Å². The molecular weight excluding hydrogens is 214 g/mol. The summed E-state index contributed by atoms with van der Waals surface area (Å²) in [6, 6.07) is 10.0. The summed E-state index contributed by atoms with van der Waals surface area (Å²) in [4.78, 5) is 15.8. The second-order valence-electron chi connectivity index (χ2n) is 4.00. The third-order valence-electron chi connectivity index (χ3n) is 2.70. The van der Waals surface area contributed by atoms with Gasteiger partial charge in [0.15, 0.2) is 0 Å². The van der Waals surface area contributed by atoms with E-state index in [9.17, 15) is 4.79 Å². The summed E-state index contributed by atoms with van der Waals surface area (Å²) in [7, 11) is 1.80. The van der Waals surface area contributed by atoms with Crippen LogP contribution in [0.1, 0.15) is 17.8 Å². The molecule has 0 amide bonds. The Balaban J connectivity index is 1.85. The second kappa shape index (κ2) is 5.39. The average molecular weight is 229 g/mol. The van der Waals surface area contributed by atoms with Crippen LogP contribution in [-0.4, -0.2) is 20.5 Å². The lowest BCUT2D eigenvalue weighted by molar-refractivity contribution is -0.118. The fourth-order valence-corrected chi connectivity index (χ4v) is 1.67. The van der Waals surface area contributed by atoms with Crippen molar-refractivity contribution in [2.24, 2.45) is 7.05 Å². The number of hydrogen-bond acceptors (Lipinski definition) is 3. The van der Waals surface area contributed by atoms with Crippen molar-refractivity contribution in [1.82, 2.24) is 14.8 Å². The third-order valence-corrected chi connectivity index (χ3v) is 2.70. The van der Waals surface area contributed by atoms with Crippen molar-refractivity contribution in [3.05, 3.63) is 48.0 Å². The molecule has 0 unspecified atom stereocenters. The van der Waals surface area contributed by atoms with Gasteiger partial charge in [-0.15, -0.1) is 0 Å². The predicted molar refractivity (Wildman–Crippen MR) is 64.5 cm³/mol. The van der Waals surface area contributed by atoms with Gasteiger partial charge in [0.1, 0.15) is 17.9 Å². The molecule has 17 heavy (non-hydrogen) atoms. The third kappa shape index (κ3) is 3.24. The number of rotatable bonds is 5. The van der Waals surface area contributed by atoms with Crippen LogP contribution in [0, 0.1) is 0 Å². The van der Waals surface area contributed by atoms with Gasteiger partial charge in [0, 0.05) is 13.5 Å². The standard InChI is InChI=1S/C13H15N3O/c1-16-13(14-10-15-16)9-12(17)8-7-11-5-3-2-4-6-11/h2-6,10H,7-9H2,1H3. The van der Waals surface area contributed by atoms with Crippen LogP contribution < -0.4 is 0 Å². The Morgan fingerprint density at radius 1 is 1.29 bits per heavy atom. The number of carbonyl (C=O) groups excluding carboxylic acids is 1. The zero-order valence-corrected chi connectivity index (χ0v) is 9.84. The Bertz CT molecular complexity index is 490. The Morgan fingerprint density at radius 2 is 2.06 bits per heavy atom. The Kier molecular flexibility index (Phi) is 3.65. The SMILES string of the molecule is Cn1ncnc1CC(=O)CCc1ccccc1. The van der Waals surface area contributed by atoms with Crippen molar-refractivity contribution in [3.63, 3.8) is 0 Å². The van der Waals surface area contributed by atoms with E-state index < -0.39 is 0 Å². The maximum atomic E-state index is 11.8. The lowest BCUT2D eigenvalue weighted by atomic mass is 10.1. The van der Waals surface area contributed by atoms with E-state index in [1.54, 1.807) is 11.7 Å². The lowest BCUT2D eigenvalue weighted by Crippen LogP contribution is -2.09. The number of nitrogens with zero attached hydrogens (tertiary/aromatic N) is 3. The lowest BCUT2D eigenvalue weighted by Gasteiger charge is -2.01. The molecule has 88 valence electrons. The fourth-order valence-electron chi connectivity index (χ4n) is 1.67. The molecular formula is C13H15N3O. The number of aryl methyl sites for hydroxylation is 2. The van der Waals surface area contributed by atoms with Gasteiger partial charge in [-0.2, -0.15) is 5.10 Å². The largest absolute Gasteiger partial charge is 0.299 e. The first kappa shape index (κ1) is 11.5.